The Kier molecular flexibility index (Phi) is 3.72. The quantitative estimate of drug-likeness (QED) is 0.915. The second-order valence-electron chi connectivity index (χ2n) is 5.67. The van der Waals surface area contributed by atoms with Crippen LogP contribution in [0.1, 0.15) is 28.8 Å². The molecule has 0 spiro atoms. The van der Waals surface area contributed by atoms with Crippen LogP contribution in [-0.4, -0.2) is 53.1 Å². The molecule has 0 radical (unpaired) electrons. The van der Waals surface area contributed by atoms with E-state index in [9.17, 15) is 14.3 Å². The van der Waals surface area contributed by atoms with Crippen molar-refractivity contribution in [3.8, 4) is 0 Å². The van der Waals surface area contributed by atoms with Crippen LogP contribution in [0.2, 0.25) is 0 Å². The number of piperazine rings is 1. The summed E-state index contributed by atoms with van der Waals surface area (Å²) in [5.74, 6) is -1.55. The first-order valence-electron chi connectivity index (χ1n) is 7.11. The number of nitrogens with zero attached hydrogens (tertiary/aromatic N) is 2. The van der Waals surface area contributed by atoms with Gasteiger partial charge >= 0.3 is 5.97 Å². The van der Waals surface area contributed by atoms with E-state index in [-0.39, 0.29) is 5.56 Å². The van der Waals surface area contributed by atoms with Crippen LogP contribution in [0.5, 0.6) is 0 Å². The molecule has 2 saturated heterocycles. The van der Waals surface area contributed by atoms with Crippen molar-refractivity contribution in [3.63, 3.8) is 0 Å². The number of halogens is 1. The standard InChI is InChI=1S/C15H19FN2O2/c16-12-4-3-11(14(8-12)15(19)20)9-17-6-7-18-5-1-2-13(18)10-17/h3-4,8,13H,1-2,5-7,9-10H2,(H,19,20). The lowest BCUT2D eigenvalue weighted by Gasteiger charge is -2.37. The van der Waals surface area contributed by atoms with Crippen LogP contribution in [-0.2, 0) is 6.54 Å². The maximum absolute atomic E-state index is 13.2. The number of rotatable bonds is 3. The predicted molar refractivity (Wildman–Crippen MR) is 73.2 cm³/mol. The van der Waals surface area contributed by atoms with Gasteiger partial charge in [-0.3, -0.25) is 9.80 Å². The van der Waals surface area contributed by atoms with Gasteiger partial charge in [0.15, 0.2) is 0 Å². The predicted octanol–water partition coefficient (Wildman–Crippen LogP) is 1.80. The first-order chi connectivity index (χ1) is 9.63. The van der Waals surface area contributed by atoms with E-state index in [1.54, 1.807) is 6.07 Å². The van der Waals surface area contributed by atoms with Crippen molar-refractivity contribution < 1.29 is 14.3 Å². The molecule has 0 aliphatic carbocycles. The molecule has 0 bridgehead atoms. The molecule has 5 heteroatoms. The van der Waals surface area contributed by atoms with Gasteiger partial charge in [0.25, 0.3) is 0 Å². The third kappa shape index (κ3) is 2.69. The Balaban J connectivity index is 1.73. The molecule has 1 aromatic rings. The zero-order valence-electron chi connectivity index (χ0n) is 11.4. The van der Waals surface area contributed by atoms with Crippen LogP contribution >= 0.6 is 0 Å². The smallest absolute Gasteiger partial charge is 0.336 e. The number of fused-ring (bicyclic) bond motifs is 1. The molecule has 108 valence electrons. The summed E-state index contributed by atoms with van der Waals surface area (Å²) >= 11 is 0. The average molecular weight is 278 g/mol. The van der Waals surface area contributed by atoms with Gasteiger partial charge in [0.1, 0.15) is 5.82 Å². The molecule has 1 atom stereocenters. The third-order valence-electron chi connectivity index (χ3n) is 4.37. The number of hydrogen-bond acceptors (Lipinski definition) is 3. The summed E-state index contributed by atoms with van der Waals surface area (Å²) in [6, 6.07) is 4.66. The molecule has 2 aliphatic rings. The van der Waals surface area contributed by atoms with E-state index in [1.807, 2.05) is 0 Å². The highest BCUT2D eigenvalue weighted by Crippen LogP contribution is 2.23. The van der Waals surface area contributed by atoms with Crippen LogP contribution in [0, 0.1) is 5.82 Å². The van der Waals surface area contributed by atoms with Gasteiger partial charge in [-0.15, -0.1) is 0 Å². The van der Waals surface area contributed by atoms with Crippen molar-refractivity contribution in [2.24, 2.45) is 0 Å². The Labute approximate surface area is 117 Å². The lowest BCUT2D eigenvalue weighted by molar-refractivity contribution is 0.0690. The normalized spacial score (nSPS) is 23.8. The summed E-state index contributed by atoms with van der Waals surface area (Å²) in [7, 11) is 0. The van der Waals surface area contributed by atoms with E-state index < -0.39 is 11.8 Å². The monoisotopic (exact) mass is 278 g/mol. The molecule has 3 rings (SSSR count). The number of carboxylic acid groups (broad SMARTS) is 1. The fraction of sp³-hybridized carbons (Fsp3) is 0.533. The number of hydrogen-bond donors (Lipinski definition) is 1. The van der Waals surface area contributed by atoms with E-state index >= 15 is 0 Å². The Morgan fingerprint density at radius 3 is 3.00 bits per heavy atom. The number of benzene rings is 1. The average Bonchev–Trinajstić information content (AvgIpc) is 2.88. The molecule has 0 saturated carbocycles. The fourth-order valence-corrected chi connectivity index (χ4v) is 3.33. The highest BCUT2D eigenvalue weighted by molar-refractivity contribution is 5.89. The van der Waals surface area contributed by atoms with Gasteiger partial charge in [-0.25, -0.2) is 9.18 Å². The van der Waals surface area contributed by atoms with Gasteiger partial charge in [0.2, 0.25) is 0 Å². The van der Waals surface area contributed by atoms with Crippen molar-refractivity contribution in [2.45, 2.75) is 25.4 Å². The van der Waals surface area contributed by atoms with Crippen LogP contribution in [0.4, 0.5) is 4.39 Å². The first-order valence-corrected chi connectivity index (χ1v) is 7.11. The Bertz CT molecular complexity index is 521. The van der Waals surface area contributed by atoms with Crippen molar-refractivity contribution in [1.29, 1.82) is 0 Å². The van der Waals surface area contributed by atoms with E-state index in [4.69, 9.17) is 0 Å². The summed E-state index contributed by atoms with van der Waals surface area (Å²) in [5, 5.41) is 9.18. The SMILES string of the molecule is O=C(O)c1cc(F)ccc1CN1CCN2CCCC2C1. The van der Waals surface area contributed by atoms with Crippen LogP contribution < -0.4 is 0 Å². The van der Waals surface area contributed by atoms with Gasteiger partial charge in [-0.1, -0.05) is 6.07 Å². The van der Waals surface area contributed by atoms with Crippen LogP contribution in [0.15, 0.2) is 18.2 Å². The number of carboxylic acids is 1. The minimum absolute atomic E-state index is 0.0823. The van der Waals surface area contributed by atoms with Crippen molar-refractivity contribution in [1.82, 2.24) is 9.80 Å². The van der Waals surface area contributed by atoms with Gasteiger partial charge in [-0.05, 0) is 37.1 Å². The Morgan fingerprint density at radius 2 is 2.20 bits per heavy atom. The molecular formula is C15H19FN2O2. The van der Waals surface area contributed by atoms with E-state index in [2.05, 4.69) is 9.80 Å². The van der Waals surface area contributed by atoms with Gasteiger partial charge in [0, 0.05) is 32.2 Å². The molecule has 4 nitrogen and oxygen atoms in total. The van der Waals surface area contributed by atoms with Gasteiger partial charge in [-0.2, -0.15) is 0 Å². The summed E-state index contributed by atoms with van der Waals surface area (Å²) in [5.41, 5.74) is 0.782. The zero-order valence-corrected chi connectivity index (χ0v) is 11.4. The second-order valence-corrected chi connectivity index (χ2v) is 5.67. The molecule has 2 aliphatic heterocycles. The fourth-order valence-electron chi connectivity index (χ4n) is 3.33. The summed E-state index contributed by atoms with van der Waals surface area (Å²) < 4.78 is 13.2. The zero-order chi connectivity index (χ0) is 14.1. The summed E-state index contributed by atoms with van der Waals surface area (Å²) in [6.07, 6.45) is 2.49. The number of carbonyl (C=O) groups is 1. The Hall–Kier alpha value is -1.46. The molecule has 20 heavy (non-hydrogen) atoms. The van der Waals surface area contributed by atoms with Crippen molar-refractivity contribution in [2.75, 3.05) is 26.2 Å². The topological polar surface area (TPSA) is 43.8 Å². The maximum atomic E-state index is 13.2. The molecular weight excluding hydrogens is 259 g/mol. The highest BCUT2D eigenvalue weighted by atomic mass is 19.1. The molecule has 1 N–H and O–H groups in total. The van der Waals surface area contributed by atoms with Gasteiger partial charge in [0.05, 0.1) is 5.56 Å². The molecule has 2 fully saturated rings. The second kappa shape index (κ2) is 5.50. The molecule has 0 aromatic heterocycles. The summed E-state index contributed by atoms with van der Waals surface area (Å²) in [4.78, 5) is 16.0. The molecule has 2 heterocycles. The van der Waals surface area contributed by atoms with E-state index in [1.165, 1.54) is 25.5 Å². The van der Waals surface area contributed by atoms with Crippen molar-refractivity contribution >= 4 is 5.97 Å². The van der Waals surface area contributed by atoms with Gasteiger partial charge < -0.3 is 5.11 Å². The first kappa shape index (κ1) is 13.5. The van der Waals surface area contributed by atoms with Crippen LogP contribution in [0.3, 0.4) is 0 Å². The maximum Gasteiger partial charge on any atom is 0.336 e. The molecule has 1 unspecified atom stereocenters. The Morgan fingerprint density at radius 1 is 1.35 bits per heavy atom. The number of aromatic carboxylic acids is 1. The molecule has 0 amide bonds. The highest BCUT2D eigenvalue weighted by Gasteiger charge is 2.30. The largest absolute Gasteiger partial charge is 0.478 e. The lowest BCUT2D eigenvalue weighted by Crippen LogP contribution is -2.49. The van der Waals surface area contributed by atoms with Crippen LogP contribution in [0.25, 0.3) is 0 Å². The minimum atomic E-state index is -1.06. The minimum Gasteiger partial charge on any atom is -0.478 e. The third-order valence-corrected chi connectivity index (χ3v) is 4.37. The lowest BCUT2D eigenvalue weighted by atomic mass is 10.1. The van der Waals surface area contributed by atoms with E-state index in [0.717, 1.165) is 25.7 Å². The summed E-state index contributed by atoms with van der Waals surface area (Å²) in [6.45, 7) is 4.76. The van der Waals surface area contributed by atoms with E-state index in [0.29, 0.717) is 18.2 Å². The van der Waals surface area contributed by atoms with Crippen molar-refractivity contribution in [3.05, 3.63) is 35.1 Å². The molecule has 1 aromatic carbocycles.